The van der Waals surface area contributed by atoms with Crippen LogP contribution in [0.3, 0.4) is 0 Å². The Morgan fingerprint density at radius 1 is 1.69 bits per heavy atom. The molecule has 0 fully saturated rings. The molecule has 0 spiro atoms. The molecule has 2 nitrogen and oxygen atoms in total. The second kappa shape index (κ2) is 6.46. The summed E-state index contributed by atoms with van der Waals surface area (Å²) in [6.07, 6.45) is 5.58. The first-order valence-corrected chi connectivity index (χ1v) is 4.83. The van der Waals surface area contributed by atoms with Crippen LogP contribution < -0.4 is 5.32 Å². The summed E-state index contributed by atoms with van der Waals surface area (Å²) in [7, 11) is 0. The molecule has 1 N–H and O–H groups in total. The largest absolute Gasteiger partial charge is 0.346 e. The van der Waals surface area contributed by atoms with Crippen molar-refractivity contribution >= 4 is 5.91 Å². The Balaban J connectivity index is 0.000000671. The molecule has 1 unspecified atom stereocenters. The zero-order valence-electron chi connectivity index (χ0n) is 8.76. The SMILES string of the molecule is C=CC(=O)NC1CCC=C1C.CC. The number of hydrogen-bond acceptors (Lipinski definition) is 1. The van der Waals surface area contributed by atoms with Gasteiger partial charge in [-0.3, -0.25) is 4.79 Å². The lowest BCUT2D eigenvalue weighted by Crippen LogP contribution is -2.32. The Kier molecular flexibility index (Phi) is 5.94. The molecule has 1 aliphatic carbocycles. The molecule has 1 aliphatic rings. The van der Waals surface area contributed by atoms with Crippen LogP contribution in [0.1, 0.15) is 33.6 Å². The van der Waals surface area contributed by atoms with Gasteiger partial charge < -0.3 is 5.32 Å². The summed E-state index contributed by atoms with van der Waals surface area (Å²) in [5, 5.41) is 2.85. The maximum absolute atomic E-state index is 10.9. The van der Waals surface area contributed by atoms with Gasteiger partial charge in [-0.25, -0.2) is 0 Å². The van der Waals surface area contributed by atoms with Crippen molar-refractivity contribution in [3.8, 4) is 0 Å². The summed E-state index contributed by atoms with van der Waals surface area (Å²) in [6, 6.07) is 0.250. The van der Waals surface area contributed by atoms with Crippen LogP contribution in [0.25, 0.3) is 0 Å². The predicted molar refractivity (Wildman–Crippen MR) is 56.5 cm³/mol. The average molecular weight is 181 g/mol. The van der Waals surface area contributed by atoms with E-state index >= 15 is 0 Å². The molecule has 0 saturated heterocycles. The van der Waals surface area contributed by atoms with Gasteiger partial charge in [0, 0.05) is 0 Å². The fourth-order valence-electron chi connectivity index (χ4n) is 1.26. The van der Waals surface area contributed by atoms with Gasteiger partial charge in [0.1, 0.15) is 0 Å². The lowest BCUT2D eigenvalue weighted by molar-refractivity contribution is -0.116. The second-order valence-electron chi connectivity index (χ2n) is 2.79. The number of allylic oxidation sites excluding steroid dienone is 1. The third-order valence-electron chi connectivity index (χ3n) is 1.97. The maximum atomic E-state index is 10.9. The van der Waals surface area contributed by atoms with E-state index < -0.39 is 0 Å². The van der Waals surface area contributed by atoms with Crippen LogP contribution >= 0.6 is 0 Å². The van der Waals surface area contributed by atoms with Crippen molar-refractivity contribution in [1.29, 1.82) is 0 Å². The Hall–Kier alpha value is -1.05. The van der Waals surface area contributed by atoms with E-state index in [1.54, 1.807) is 0 Å². The Morgan fingerprint density at radius 2 is 2.31 bits per heavy atom. The maximum Gasteiger partial charge on any atom is 0.243 e. The number of amides is 1. The fraction of sp³-hybridized carbons (Fsp3) is 0.545. The molecule has 0 radical (unpaired) electrons. The van der Waals surface area contributed by atoms with Gasteiger partial charge in [0.15, 0.2) is 0 Å². The van der Waals surface area contributed by atoms with Gasteiger partial charge in [-0.2, -0.15) is 0 Å². The minimum Gasteiger partial charge on any atom is -0.346 e. The molecule has 1 amide bonds. The van der Waals surface area contributed by atoms with Gasteiger partial charge in [0.2, 0.25) is 5.91 Å². The van der Waals surface area contributed by atoms with Gasteiger partial charge >= 0.3 is 0 Å². The van der Waals surface area contributed by atoms with Gasteiger partial charge in [-0.05, 0) is 25.8 Å². The van der Waals surface area contributed by atoms with Crippen molar-refractivity contribution in [1.82, 2.24) is 5.32 Å². The van der Waals surface area contributed by atoms with E-state index in [0.29, 0.717) is 0 Å². The van der Waals surface area contributed by atoms with Crippen LogP contribution in [0.4, 0.5) is 0 Å². The van der Waals surface area contributed by atoms with Crippen LogP contribution in [0.5, 0.6) is 0 Å². The van der Waals surface area contributed by atoms with E-state index in [-0.39, 0.29) is 11.9 Å². The summed E-state index contributed by atoms with van der Waals surface area (Å²) in [6.45, 7) is 9.44. The molecule has 0 bridgehead atoms. The number of nitrogens with one attached hydrogen (secondary N) is 1. The minimum atomic E-state index is -0.0790. The highest BCUT2D eigenvalue weighted by Gasteiger charge is 2.15. The molecule has 0 aromatic heterocycles. The van der Waals surface area contributed by atoms with Gasteiger partial charge in [-0.1, -0.05) is 32.1 Å². The van der Waals surface area contributed by atoms with Gasteiger partial charge in [0.05, 0.1) is 6.04 Å². The predicted octanol–water partition coefficient (Wildman–Crippen LogP) is 2.42. The normalized spacial score (nSPS) is 19.6. The zero-order valence-corrected chi connectivity index (χ0v) is 8.76. The molecule has 0 saturated carbocycles. The monoisotopic (exact) mass is 181 g/mol. The zero-order chi connectivity index (χ0) is 10.3. The summed E-state index contributed by atoms with van der Waals surface area (Å²) >= 11 is 0. The Bertz CT molecular complexity index is 206. The molecule has 74 valence electrons. The van der Waals surface area contributed by atoms with E-state index in [4.69, 9.17) is 0 Å². The lowest BCUT2D eigenvalue weighted by Gasteiger charge is -2.11. The number of carbonyl (C=O) groups excluding carboxylic acids is 1. The molecule has 0 aliphatic heterocycles. The highest BCUT2D eigenvalue weighted by Crippen LogP contribution is 2.17. The number of rotatable bonds is 2. The first-order valence-electron chi connectivity index (χ1n) is 4.83. The molecule has 0 aromatic carbocycles. The van der Waals surface area contributed by atoms with Gasteiger partial charge in [-0.15, -0.1) is 0 Å². The van der Waals surface area contributed by atoms with Crippen molar-refractivity contribution in [2.24, 2.45) is 0 Å². The number of carbonyl (C=O) groups is 1. The standard InChI is InChI=1S/C9H13NO.C2H6/c1-3-9(11)10-8-6-4-5-7(8)2;1-2/h3,5,8H,1,4,6H2,2H3,(H,10,11);1-2H3. The lowest BCUT2D eigenvalue weighted by atomic mass is 10.1. The van der Waals surface area contributed by atoms with E-state index in [0.717, 1.165) is 12.8 Å². The van der Waals surface area contributed by atoms with Crippen molar-refractivity contribution in [3.05, 3.63) is 24.3 Å². The second-order valence-corrected chi connectivity index (χ2v) is 2.79. The van der Waals surface area contributed by atoms with Crippen LogP contribution in [-0.4, -0.2) is 11.9 Å². The van der Waals surface area contributed by atoms with Crippen LogP contribution in [0.15, 0.2) is 24.3 Å². The van der Waals surface area contributed by atoms with Crippen molar-refractivity contribution < 1.29 is 4.79 Å². The Labute approximate surface area is 80.7 Å². The van der Waals surface area contributed by atoms with Crippen LogP contribution in [-0.2, 0) is 4.79 Å². The van der Waals surface area contributed by atoms with Crippen molar-refractivity contribution in [2.45, 2.75) is 39.7 Å². The molecule has 1 rings (SSSR count). The topological polar surface area (TPSA) is 29.1 Å². The van der Waals surface area contributed by atoms with Crippen molar-refractivity contribution in [2.75, 3.05) is 0 Å². The summed E-state index contributed by atoms with van der Waals surface area (Å²) in [5.74, 6) is -0.0790. The van der Waals surface area contributed by atoms with Crippen LogP contribution in [0, 0.1) is 0 Å². The highest BCUT2D eigenvalue weighted by molar-refractivity contribution is 5.87. The van der Waals surface area contributed by atoms with E-state index in [1.807, 2.05) is 20.8 Å². The molecule has 0 aromatic rings. The molecule has 13 heavy (non-hydrogen) atoms. The molecule has 1 atom stereocenters. The third-order valence-corrected chi connectivity index (χ3v) is 1.97. The summed E-state index contributed by atoms with van der Waals surface area (Å²) in [5.41, 5.74) is 1.26. The smallest absolute Gasteiger partial charge is 0.243 e. The quantitative estimate of drug-likeness (QED) is 0.514. The fourth-order valence-corrected chi connectivity index (χ4v) is 1.26. The van der Waals surface area contributed by atoms with Gasteiger partial charge in [0.25, 0.3) is 0 Å². The molecular formula is C11H19NO. The summed E-state index contributed by atoms with van der Waals surface area (Å²) < 4.78 is 0. The van der Waals surface area contributed by atoms with Crippen LogP contribution in [0.2, 0.25) is 0 Å². The van der Waals surface area contributed by atoms with E-state index in [9.17, 15) is 4.79 Å². The Morgan fingerprint density at radius 3 is 2.69 bits per heavy atom. The number of hydrogen-bond donors (Lipinski definition) is 1. The third kappa shape index (κ3) is 3.92. The van der Waals surface area contributed by atoms with Crippen molar-refractivity contribution in [3.63, 3.8) is 0 Å². The van der Waals surface area contributed by atoms with E-state index in [1.165, 1.54) is 11.6 Å². The molecular weight excluding hydrogens is 162 g/mol. The molecule has 0 heterocycles. The highest BCUT2D eigenvalue weighted by atomic mass is 16.1. The van der Waals surface area contributed by atoms with E-state index in [2.05, 4.69) is 18.0 Å². The summed E-state index contributed by atoms with van der Waals surface area (Å²) in [4.78, 5) is 10.9. The first kappa shape index (κ1) is 11.9. The average Bonchev–Trinajstić information content (AvgIpc) is 2.55. The minimum absolute atomic E-state index is 0.0790. The first-order chi connectivity index (χ1) is 6.24. The molecule has 2 heteroatoms.